The van der Waals surface area contributed by atoms with Crippen molar-refractivity contribution in [1.29, 1.82) is 0 Å². The Labute approximate surface area is 83.3 Å². The van der Waals surface area contributed by atoms with Gasteiger partial charge in [-0.2, -0.15) is 0 Å². The molecule has 1 rings (SSSR count). The van der Waals surface area contributed by atoms with Gasteiger partial charge in [-0.15, -0.1) is 0 Å². The van der Waals surface area contributed by atoms with Gasteiger partial charge in [-0.25, -0.2) is 0 Å². The van der Waals surface area contributed by atoms with Gasteiger partial charge in [0.05, 0.1) is 0 Å². The average molecular weight is 183 g/mol. The topological polar surface area (TPSA) is 12.0 Å². The van der Waals surface area contributed by atoms with E-state index in [1.165, 1.54) is 38.8 Å². The van der Waals surface area contributed by atoms with Gasteiger partial charge >= 0.3 is 0 Å². The van der Waals surface area contributed by atoms with E-state index in [1.54, 1.807) is 0 Å². The predicted molar refractivity (Wildman–Crippen MR) is 58.8 cm³/mol. The Hall–Kier alpha value is -0.0400. The summed E-state index contributed by atoms with van der Waals surface area (Å²) in [4.78, 5) is 0. The first-order valence-corrected chi connectivity index (χ1v) is 5.89. The molecule has 1 saturated heterocycles. The van der Waals surface area contributed by atoms with Crippen molar-refractivity contribution in [3.05, 3.63) is 0 Å². The van der Waals surface area contributed by atoms with Crippen LogP contribution in [0.15, 0.2) is 0 Å². The fourth-order valence-corrected chi connectivity index (χ4v) is 2.30. The van der Waals surface area contributed by atoms with Crippen LogP contribution in [-0.2, 0) is 0 Å². The van der Waals surface area contributed by atoms with Crippen molar-refractivity contribution in [2.75, 3.05) is 13.1 Å². The lowest BCUT2D eigenvalue weighted by Crippen LogP contribution is -2.34. The summed E-state index contributed by atoms with van der Waals surface area (Å²) in [6.45, 7) is 9.51. The highest BCUT2D eigenvalue weighted by atomic mass is 14.9. The zero-order valence-electron chi connectivity index (χ0n) is 9.47. The van der Waals surface area contributed by atoms with E-state index in [-0.39, 0.29) is 0 Å². The second kappa shape index (κ2) is 5.64. The van der Waals surface area contributed by atoms with Crippen LogP contribution in [0.1, 0.15) is 46.5 Å². The Balaban J connectivity index is 2.06. The first-order valence-electron chi connectivity index (χ1n) is 5.89. The third kappa shape index (κ3) is 4.66. The normalized spacial score (nSPS) is 29.5. The van der Waals surface area contributed by atoms with Gasteiger partial charge in [-0.3, -0.25) is 0 Å². The van der Waals surface area contributed by atoms with Crippen molar-refractivity contribution in [3.63, 3.8) is 0 Å². The molecule has 0 aromatic heterocycles. The van der Waals surface area contributed by atoms with Crippen LogP contribution < -0.4 is 5.32 Å². The lowest BCUT2D eigenvalue weighted by Gasteiger charge is -2.27. The Bertz CT molecular complexity index is 131. The Kier molecular flexibility index (Phi) is 4.79. The maximum atomic E-state index is 3.52. The minimum atomic E-state index is 0.883. The van der Waals surface area contributed by atoms with Crippen LogP contribution in [-0.4, -0.2) is 13.1 Å². The molecule has 0 saturated carbocycles. The highest BCUT2D eigenvalue weighted by molar-refractivity contribution is 4.73. The summed E-state index contributed by atoms with van der Waals surface area (Å²) in [5.41, 5.74) is 0. The quantitative estimate of drug-likeness (QED) is 0.706. The monoisotopic (exact) mass is 183 g/mol. The van der Waals surface area contributed by atoms with Crippen LogP contribution in [0.2, 0.25) is 0 Å². The van der Waals surface area contributed by atoms with Crippen molar-refractivity contribution in [3.8, 4) is 0 Å². The summed E-state index contributed by atoms with van der Waals surface area (Å²) in [6, 6.07) is 0. The van der Waals surface area contributed by atoms with Crippen molar-refractivity contribution < 1.29 is 0 Å². The number of nitrogens with one attached hydrogen (secondary N) is 1. The number of hydrogen-bond acceptors (Lipinski definition) is 1. The predicted octanol–water partition coefficient (Wildman–Crippen LogP) is 3.06. The molecule has 78 valence electrons. The van der Waals surface area contributed by atoms with Gasteiger partial charge in [0.2, 0.25) is 0 Å². The van der Waals surface area contributed by atoms with E-state index in [0.29, 0.717) is 0 Å². The Morgan fingerprint density at radius 1 is 1.31 bits per heavy atom. The van der Waals surface area contributed by atoms with Crippen LogP contribution in [0.3, 0.4) is 0 Å². The van der Waals surface area contributed by atoms with Crippen molar-refractivity contribution in [2.24, 2.45) is 17.8 Å². The first-order chi connectivity index (χ1) is 6.18. The molecule has 1 aliphatic rings. The molecule has 1 heterocycles. The molecule has 0 amide bonds. The summed E-state index contributed by atoms with van der Waals surface area (Å²) in [7, 11) is 0. The molecule has 2 unspecified atom stereocenters. The molecule has 1 heteroatoms. The fraction of sp³-hybridized carbons (Fsp3) is 1.00. The smallest absolute Gasteiger partial charge is 0.00203 e. The largest absolute Gasteiger partial charge is 0.316 e. The molecule has 0 aromatic carbocycles. The highest BCUT2D eigenvalue weighted by Gasteiger charge is 2.17. The molecule has 1 aliphatic heterocycles. The van der Waals surface area contributed by atoms with E-state index in [2.05, 4.69) is 26.1 Å². The van der Waals surface area contributed by atoms with E-state index in [0.717, 1.165) is 17.8 Å². The summed E-state index contributed by atoms with van der Waals surface area (Å²) in [5.74, 6) is 2.74. The Morgan fingerprint density at radius 2 is 2.08 bits per heavy atom. The zero-order chi connectivity index (χ0) is 9.68. The van der Waals surface area contributed by atoms with Gasteiger partial charge in [0.1, 0.15) is 0 Å². The second-order valence-corrected chi connectivity index (χ2v) is 5.19. The number of rotatable bonds is 4. The molecule has 0 aromatic rings. The molecule has 1 N–H and O–H groups in total. The van der Waals surface area contributed by atoms with E-state index in [4.69, 9.17) is 0 Å². The van der Waals surface area contributed by atoms with Gasteiger partial charge in [0.15, 0.2) is 0 Å². The van der Waals surface area contributed by atoms with Crippen molar-refractivity contribution >= 4 is 0 Å². The third-order valence-corrected chi connectivity index (χ3v) is 3.06. The summed E-state index contributed by atoms with van der Waals surface area (Å²) in [5, 5.41) is 3.52. The fourth-order valence-electron chi connectivity index (χ4n) is 2.30. The molecule has 0 spiro atoms. The van der Waals surface area contributed by atoms with E-state index >= 15 is 0 Å². The summed E-state index contributed by atoms with van der Waals surface area (Å²) in [6.07, 6.45) is 5.72. The van der Waals surface area contributed by atoms with Crippen LogP contribution >= 0.6 is 0 Å². The lowest BCUT2D eigenvalue weighted by atomic mass is 9.87. The molecule has 2 atom stereocenters. The zero-order valence-corrected chi connectivity index (χ0v) is 9.47. The maximum absolute atomic E-state index is 3.52. The molecule has 0 bridgehead atoms. The second-order valence-electron chi connectivity index (χ2n) is 5.19. The Morgan fingerprint density at radius 3 is 2.69 bits per heavy atom. The van der Waals surface area contributed by atoms with Gasteiger partial charge in [0.25, 0.3) is 0 Å². The maximum Gasteiger partial charge on any atom is -0.00203 e. The van der Waals surface area contributed by atoms with Crippen molar-refractivity contribution in [2.45, 2.75) is 46.5 Å². The summed E-state index contributed by atoms with van der Waals surface area (Å²) >= 11 is 0. The molecule has 1 nitrogen and oxygen atoms in total. The molecule has 1 fully saturated rings. The van der Waals surface area contributed by atoms with Crippen LogP contribution in [0.4, 0.5) is 0 Å². The lowest BCUT2D eigenvalue weighted by molar-refractivity contribution is 0.280. The molecular weight excluding hydrogens is 158 g/mol. The van der Waals surface area contributed by atoms with E-state index in [1.807, 2.05) is 0 Å². The van der Waals surface area contributed by atoms with Crippen LogP contribution in [0.25, 0.3) is 0 Å². The van der Waals surface area contributed by atoms with Crippen LogP contribution in [0, 0.1) is 17.8 Å². The van der Waals surface area contributed by atoms with Crippen LogP contribution in [0.5, 0.6) is 0 Å². The van der Waals surface area contributed by atoms with E-state index < -0.39 is 0 Å². The summed E-state index contributed by atoms with van der Waals surface area (Å²) < 4.78 is 0. The minimum Gasteiger partial charge on any atom is -0.316 e. The molecule has 0 aliphatic carbocycles. The van der Waals surface area contributed by atoms with Gasteiger partial charge in [0, 0.05) is 0 Å². The van der Waals surface area contributed by atoms with Gasteiger partial charge in [-0.1, -0.05) is 33.6 Å². The van der Waals surface area contributed by atoms with Gasteiger partial charge < -0.3 is 5.32 Å². The first kappa shape index (κ1) is 11.0. The number of hydrogen-bond donors (Lipinski definition) is 1. The van der Waals surface area contributed by atoms with Crippen molar-refractivity contribution in [1.82, 2.24) is 5.32 Å². The third-order valence-electron chi connectivity index (χ3n) is 3.06. The number of piperidine rings is 1. The van der Waals surface area contributed by atoms with E-state index in [9.17, 15) is 0 Å². The average Bonchev–Trinajstić information content (AvgIpc) is 2.03. The standard InChI is InChI=1S/C12H25N/c1-10(2)5-4-6-12-7-11(3)8-13-9-12/h10-13H,4-9H2,1-3H3. The highest BCUT2D eigenvalue weighted by Crippen LogP contribution is 2.21. The molecule has 13 heavy (non-hydrogen) atoms. The van der Waals surface area contributed by atoms with Gasteiger partial charge in [-0.05, 0) is 43.7 Å². The molecular formula is C12H25N. The minimum absolute atomic E-state index is 0.883. The molecule has 0 radical (unpaired) electrons. The SMILES string of the molecule is CC(C)CCCC1CNCC(C)C1.